The zero-order valence-electron chi connectivity index (χ0n) is 12.5. The molecule has 2 aromatic carbocycles. The first-order chi connectivity index (χ1) is 11.1. The fraction of sp³-hybridized carbons (Fsp3) is 0.118. The van der Waals surface area contributed by atoms with Gasteiger partial charge in [-0.3, -0.25) is 4.79 Å². The fourth-order valence-electron chi connectivity index (χ4n) is 2.35. The summed E-state index contributed by atoms with van der Waals surface area (Å²) in [5.74, 6) is -0.108. The quantitative estimate of drug-likeness (QED) is 0.799. The van der Waals surface area contributed by atoms with E-state index in [1.54, 1.807) is 18.2 Å². The van der Waals surface area contributed by atoms with Crippen LogP contribution in [0, 0.1) is 6.92 Å². The van der Waals surface area contributed by atoms with Gasteiger partial charge in [-0.2, -0.15) is 5.10 Å². The van der Waals surface area contributed by atoms with Gasteiger partial charge < -0.3 is 5.32 Å². The average molecular weight is 327 g/mol. The van der Waals surface area contributed by atoms with Crippen LogP contribution >= 0.6 is 11.6 Å². The van der Waals surface area contributed by atoms with E-state index < -0.39 is 0 Å². The summed E-state index contributed by atoms with van der Waals surface area (Å²) in [7, 11) is 0. The van der Waals surface area contributed by atoms with Gasteiger partial charge in [-0.1, -0.05) is 41.9 Å². The molecule has 0 saturated heterocycles. The lowest BCUT2D eigenvalue weighted by Gasteiger charge is -2.13. The molecule has 0 fully saturated rings. The molecule has 1 N–H and O–H groups in total. The molecule has 1 heterocycles. The summed E-state index contributed by atoms with van der Waals surface area (Å²) in [6.07, 6.45) is 3.26. The van der Waals surface area contributed by atoms with E-state index in [4.69, 9.17) is 11.6 Å². The maximum atomic E-state index is 12.4. The lowest BCUT2D eigenvalue weighted by Crippen LogP contribution is -2.16. The van der Waals surface area contributed by atoms with Crippen LogP contribution < -0.4 is 5.32 Å². The second-order valence-corrected chi connectivity index (χ2v) is 5.53. The van der Waals surface area contributed by atoms with Crippen LogP contribution in [-0.2, 0) is 11.2 Å². The molecular formula is C17H15ClN4O. The first-order valence-corrected chi connectivity index (χ1v) is 7.51. The number of rotatable bonds is 4. The molecule has 0 saturated carbocycles. The molecule has 1 aromatic heterocycles. The van der Waals surface area contributed by atoms with Gasteiger partial charge in [0.05, 0.1) is 17.1 Å². The van der Waals surface area contributed by atoms with Crippen molar-refractivity contribution in [1.29, 1.82) is 0 Å². The number of hydrogen-bond acceptors (Lipinski definition) is 3. The number of halogens is 1. The zero-order chi connectivity index (χ0) is 16.2. The third kappa shape index (κ3) is 3.40. The van der Waals surface area contributed by atoms with E-state index in [9.17, 15) is 4.79 Å². The minimum Gasteiger partial charge on any atom is -0.324 e. The SMILES string of the molecule is Cc1ccccc1CC(=O)Nc1cccc(Cl)c1-n1cncn1. The van der Waals surface area contributed by atoms with E-state index in [-0.39, 0.29) is 5.91 Å². The van der Waals surface area contributed by atoms with Crippen molar-refractivity contribution in [3.63, 3.8) is 0 Å². The average Bonchev–Trinajstić information content (AvgIpc) is 3.03. The van der Waals surface area contributed by atoms with Gasteiger partial charge in [-0.15, -0.1) is 0 Å². The number of amides is 1. The summed E-state index contributed by atoms with van der Waals surface area (Å²) in [6, 6.07) is 13.1. The molecule has 23 heavy (non-hydrogen) atoms. The Balaban J connectivity index is 1.85. The standard InChI is InChI=1S/C17H15ClN4O/c1-12-5-2-3-6-13(12)9-16(23)21-15-8-4-7-14(18)17(15)22-11-19-10-20-22/h2-8,10-11H,9H2,1H3,(H,21,23). The van der Waals surface area contributed by atoms with E-state index in [0.717, 1.165) is 11.1 Å². The third-order valence-corrected chi connectivity index (χ3v) is 3.83. The number of anilines is 1. The molecule has 5 nitrogen and oxygen atoms in total. The predicted molar refractivity (Wildman–Crippen MR) is 89.9 cm³/mol. The predicted octanol–water partition coefficient (Wildman–Crippen LogP) is 3.41. The van der Waals surface area contributed by atoms with E-state index >= 15 is 0 Å². The summed E-state index contributed by atoms with van der Waals surface area (Å²) in [6.45, 7) is 1.99. The molecule has 0 unspecified atom stereocenters. The maximum Gasteiger partial charge on any atom is 0.228 e. The molecule has 0 aliphatic carbocycles. The summed E-state index contributed by atoms with van der Waals surface area (Å²) >= 11 is 6.25. The third-order valence-electron chi connectivity index (χ3n) is 3.52. The Bertz CT molecular complexity index is 830. The van der Waals surface area contributed by atoms with Crippen LogP contribution in [0.4, 0.5) is 5.69 Å². The van der Waals surface area contributed by atoms with Gasteiger partial charge in [-0.25, -0.2) is 9.67 Å². The van der Waals surface area contributed by atoms with Gasteiger partial charge in [0.1, 0.15) is 18.3 Å². The number of nitrogens with zero attached hydrogens (tertiary/aromatic N) is 3. The molecular weight excluding hydrogens is 312 g/mol. The number of aryl methyl sites for hydroxylation is 1. The van der Waals surface area contributed by atoms with E-state index in [1.807, 2.05) is 31.2 Å². The van der Waals surface area contributed by atoms with Crippen LogP contribution in [0.15, 0.2) is 55.1 Å². The second-order valence-electron chi connectivity index (χ2n) is 5.13. The summed E-state index contributed by atoms with van der Waals surface area (Å²) in [5.41, 5.74) is 3.28. The van der Waals surface area contributed by atoms with E-state index in [0.29, 0.717) is 22.8 Å². The Morgan fingerprint density at radius 2 is 2.04 bits per heavy atom. The van der Waals surface area contributed by atoms with Gasteiger partial charge in [0, 0.05) is 0 Å². The summed E-state index contributed by atoms with van der Waals surface area (Å²) in [5, 5.41) is 7.48. The van der Waals surface area contributed by atoms with Crippen molar-refractivity contribution in [1.82, 2.24) is 14.8 Å². The summed E-state index contributed by atoms with van der Waals surface area (Å²) < 4.78 is 1.53. The number of carbonyl (C=O) groups is 1. The zero-order valence-corrected chi connectivity index (χ0v) is 13.3. The van der Waals surface area contributed by atoms with Crippen LogP contribution in [0.1, 0.15) is 11.1 Å². The Hall–Kier alpha value is -2.66. The lowest BCUT2D eigenvalue weighted by atomic mass is 10.1. The number of benzene rings is 2. The van der Waals surface area contributed by atoms with Crippen LogP contribution in [0.25, 0.3) is 5.69 Å². The second kappa shape index (κ2) is 6.62. The normalized spacial score (nSPS) is 10.5. The molecule has 0 spiro atoms. The van der Waals surface area contributed by atoms with E-state index in [1.165, 1.54) is 17.3 Å². The number of hydrogen-bond donors (Lipinski definition) is 1. The molecule has 0 atom stereocenters. The minimum atomic E-state index is -0.108. The molecule has 0 aliphatic heterocycles. The van der Waals surface area contributed by atoms with Gasteiger partial charge in [-0.05, 0) is 30.2 Å². The van der Waals surface area contributed by atoms with Gasteiger partial charge in [0.25, 0.3) is 0 Å². The molecule has 3 aromatic rings. The van der Waals surface area contributed by atoms with Crippen molar-refractivity contribution in [3.05, 3.63) is 71.3 Å². The lowest BCUT2D eigenvalue weighted by molar-refractivity contribution is -0.115. The van der Waals surface area contributed by atoms with Crippen LogP contribution in [0.5, 0.6) is 0 Å². The first kappa shape index (κ1) is 15.2. The largest absolute Gasteiger partial charge is 0.324 e. The molecule has 0 bridgehead atoms. The number of nitrogens with one attached hydrogen (secondary N) is 1. The minimum absolute atomic E-state index is 0.108. The van der Waals surface area contributed by atoms with Crippen molar-refractivity contribution >= 4 is 23.2 Å². The van der Waals surface area contributed by atoms with Crippen molar-refractivity contribution in [3.8, 4) is 5.69 Å². The van der Waals surface area contributed by atoms with E-state index in [2.05, 4.69) is 15.4 Å². The van der Waals surface area contributed by atoms with Crippen LogP contribution in [0.2, 0.25) is 5.02 Å². The number of aromatic nitrogens is 3. The monoisotopic (exact) mass is 326 g/mol. The van der Waals surface area contributed by atoms with Crippen molar-refractivity contribution in [2.45, 2.75) is 13.3 Å². The van der Waals surface area contributed by atoms with Gasteiger partial charge >= 0.3 is 0 Å². The highest BCUT2D eigenvalue weighted by Gasteiger charge is 2.13. The Labute approximate surface area is 138 Å². The molecule has 0 aliphatic rings. The first-order valence-electron chi connectivity index (χ1n) is 7.13. The Kier molecular flexibility index (Phi) is 4.39. The maximum absolute atomic E-state index is 12.4. The number of carbonyl (C=O) groups excluding carboxylic acids is 1. The van der Waals surface area contributed by atoms with Crippen molar-refractivity contribution in [2.24, 2.45) is 0 Å². The molecule has 1 amide bonds. The highest BCUT2D eigenvalue weighted by atomic mass is 35.5. The molecule has 0 radical (unpaired) electrons. The summed E-state index contributed by atoms with van der Waals surface area (Å²) in [4.78, 5) is 16.3. The highest BCUT2D eigenvalue weighted by molar-refractivity contribution is 6.33. The fourth-order valence-corrected chi connectivity index (χ4v) is 2.61. The Morgan fingerprint density at radius 3 is 2.78 bits per heavy atom. The highest BCUT2D eigenvalue weighted by Crippen LogP contribution is 2.27. The number of para-hydroxylation sites is 1. The molecule has 6 heteroatoms. The van der Waals surface area contributed by atoms with Crippen molar-refractivity contribution in [2.75, 3.05) is 5.32 Å². The smallest absolute Gasteiger partial charge is 0.228 e. The van der Waals surface area contributed by atoms with Gasteiger partial charge in [0.15, 0.2) is 0 Å². The van der Waals surface area contributed by atoms with Crippen LogP contribution in [-0.4, -0.2) is 20.7 Å². The van der Waals surface area contributed by atoms with Gasteiger partial charge in [0.2, 0.25) is 5.91 Å². The molecule has 3 rings (SSSR count). The topological polar surface area (TPSA) is 59.8 Å². The van der Waals surface area contributed by atoms with Crippen LogP contribution in [0.3, 0.4) is 0 Å². The van der Waals surface area contributed by atoms with Crippen molar-refractivity contribution < 1.29 is 4.79 Å². The molecule has 116 valence electrons. The Morgan fingerprint density at radius 1 is 1.22 bits per heavy atom.